The number of anilines is 2. The highest BCUT2D eigenvalue weighted by molar-refractivity contribution is 14.0. The van der Waals surface area contributed by atoms with Gasteiger partial charge < -0.3 is 16.0 Å². The average molecular weight is 451 g/mol. The van der Waals surface area contributed by atoms with Gasteiger partial charge in [-0.1, -0.05) is 17.7 Å². The summed E-state index contributed by atoms with van der Waals surface area (Å²) in [6.07, 6.45) is 5.68. The first kappa shape index (κ1) is 19.5. The number of benzene rings is 1. The minimum Gasteiger partial charge on any atom is -0.370 e. The fourth-order valence-corrected chi connectivity index (χ4v) is 2.86. The fraction of sp³-hybridized carbons (Fsp3) is 0.368. The van der Waals surface area contributed by atoms with Crippen LogP contribution >= 0.6 is 24.0 Å². The highest BCUT2D eigenvalue weighted by Gasteiger charge is 2.12. The van der Waals surface area contributed by atoms with Gasteiger partial charge in [0.15, 0.2) is 5.96 Å². The summed E-state index contributed by atoms with van der Waals surface area (Å²) < 4.78 is 0. The zero-order chi connectivity index (χ0) is 16.8. The Hall–Kier alpha value is -1.83. The van der Waals surface area contributed by atoms with Crippen LogP contribution in [0.1, 0.15) is 30.4 Å². The fourth-order valence-electron chi connectivity index (χ4n) is 2.86. The summed E-state index contributed by atoms with van der Waals surface area (Å²) in [5.41, 5.74) is 9.28. The number of piperidine rings is 1. The van der Waals surface area contributed by atoms with Crippen molar-refractivity contribution in [1.29, 1.82) is 0 Å². The van der Waals surface area contributed by atoms with Gasteiger partial charge in [0.25, 0.3) is 0 Å². The molecule has 0 spiro atoms. The van der Waals surface area contributed by atoms with Crippen molar-refractivity contribution in [3.05, 3.63) is 53.7 Å². The number of nitrogens with zero attached hydrogens (tertiary/aromatic N) is 3. The number of aliphatic imine (C=N–C) groups is 1. The van der Waals surface area contributed by atoms with Crippen molar-refractivity contribution in [2.45, 2.75) is 32.7 Å². The van der Waals surface area contributed by atoms with Gasteiger partial charge in [0.2, 0.25) is 0 Å². The van der Waals surface area contributed by atoms with Gasteiger partial charge in [0, 0.05) is 25.0 Å². The molecule has 5 nitrogen and oxygen atoms in total. The van der Waals surface area contributed by atoms with E-state index in [4.69, 9.17) is 5.73 Å². The number of halogens is 1. The number of aromatic nitrogens is 1. The maximum Gasteiger partial charge on any atom is 0.193 e. The smallest absolute Gasteiger partial charge is 0.193 e. The van der Waals surface area contributed by atoms with E-state index in [1.807, 2.05) is 36.5 Å². The summed E-state index contributed by atoms with van der Waals surface area (Å²) >= 11 is 0. The number of rotatable bonds is 4. The van der Waals surface area contributed by atoms with Crippen LogP contribution in [0.3, 0.4) is 0 Å². The van der Waals surface area contributed by atoms with Gasteiger partial charge >= 0.3 is 0 Å². The highest BCUT2D eigenvalue weighted by atomic mass is 127. The summed E-state index contributed by atoms with van der Waals surface area (Å²) in [5.74, 6) is 1.47. The molecule has 2 aromatic rings. The first-order chi connectivity index (χ1) is 11.7. The highest BCUT2D eigenvalue weighted by Crippen LogP contribution is 2.18. The van der Waals surface area contributed by atoms with Gasteiger partial charge in [-0.05, 0) is 56.0 Å². The molecule has 25 heavy (non-hydrogen) atoms. The summed E-state index contributed by atoms with van der Waals surface area (Å²) in [6, 6.07) is 12.2. The molecule has 134 valence electrons. The Morgan fingerprint density at radius 1 is 1.16 bits per heavy atom. The lowest BCUT2D eigenvalue weighted by Gasteiger charge is -2.27. The lowest BCUT2D eigenvalue weighted by molar-refractivity contribution is 0.573. The van der Waals surface area contributed by atoms with Crippen molar-refractivity contribution in [2.75, 3.05) is 23.3 Å². The quantitative estimate of drug-likeness (QED) is 0.420. The molecule has 0 atom stereocenters. The van der Waals surface area contributed by atoms with Crippen molar-refractivity contribution < 1.29 is 0 Å². The van der Waals surface area contributed by atoms with Crippen LogP contribution in [0, 0.1) is 6.92 Å². The van der Waals surface area contributed by atoms with Gasteiger partial charge in [0.05, 0.1) is 6.54 Å². The molecule has 1 fully saturated rings. The number of nitrogens with one attached hydrogen (secondary N) is 1. The molecule has 1 saturated heterocycles. The maximum atomic E-state index is 5.99. The molecule has 1 aromatic heterocycles. The van der Waals surface area contributed by atoms with E-state index in [2.05, 4.69) is 33.2 Å². The van der Waals surface area contributed by atoms with Crippen molar-refractivity contribution in [1.82, 2.24) is 4.98 Å². The van der Waals surface area contributed by atoms with E-state index in [0.29, 0.717) is 12.5 Å². The summed E-state index contributed by atoms with van der Waals surface area (Å²) in [5, 5.41) is 3.12. The molecule has 3 N–H and O–H groups in total. The molecule has 0 aliphatic carbocycles. The zero-order valence-electron chi connectivity index (χ0n) is 14.6. The Morgan fingerprint density at radius 2 is 1.88 bits per heavy atom. The Bertz CT molecular complexity index is 693. The zero-order valence-corrected chi connectivity index (χ0v) is 16.9. The lowest BCUT2D eigenvalue weighted by Crippen LogP contribution is -2.30. The van der Waals surface area contributed by atoms with Crippen molar-refractivity contribution in [3.8, 4) is 0 Å². The summed E-state index contributed by atoms with van der Waals surface area (Å²) in [6.45, 7) is 4.80. The molecule has 0 bridgehead atoms. The van der Waals surface area contributed by atoms with Crippen LogP contribution in [0.2, 0.25) is 0 Å². The number of aryl methyl sites for hydroxylation is 1. The third-order valence-electron chi connectivity index (χ3n) is 4.25. The first-order valence-corrected chi connectivity index (χ1v) is 8.54. The molecule has 0 amide bonds. The molecule has 1 aliphatic rings. The Kier molecular flexibility index (Phi) is 7.49. The summed E-state index contributed by atoms with van der Waals surface area (Å²) in [4.78, 5) is 11.3. The minimum absolute atomic E-state index is 0. The Labute approximate surface area is 166 Å². The van der Waals surface area contributed by atoms with Crippen molar-refractivity contribution in [2.24, 2.45) is 10.7 Å². The second-order valence-electron chi connectivity index (χ2n) is 6.26. The maximum absolute atomic E-state index is 5.99. The van der Waals surface area contributed by atoms with E-state index < -0.39 is 0 Å². The molecular formula is C19H26IN5. The van der Waals surface area contributed by atoms with Crippen molar-refractivity contribution in [3.63, 3.8) is 0 Å². The van der Waals surface area contributed by atoms with E-state index in [1.54, 1.807) is 0 Å². The topological polar surface area (TPSA) is 66.5 Å². The lowest BCUT2D eigenvalue weighted by atomic mass is 10.1. The Morgan fingerprint density at radius 3 is 2.60 bits per heavy atom. The number of hydrogen-bond acceptors (Lipinski definition) is 3. The van der Waals surface area contributed by atoms with Crippen LogP contribution < -0.4 is 16.0 Å². The average Bonchev–Trinajstić information content (AvgIpc) is 2.63. The van der Waals surface area contributed by atoms with Gasteiger partial charge in [-0.25, -0.2) is 9.98 Å². The van der Waals surface area contributed by atoms with Gasteiger partial charge in [-0.15, -0.1) is 24.0 Å². The largest absolute Gasteiger partial charge is 0.370 e. The van der Waals surface area contributed by atoms with Crippen LogP contribution in [0.15, 0.2) is 47.6 Å². The third-order valence-corrected chi connectivity index (χ3v) is 4.25. The van der Waals surface area contributed by atoms with Crippen LogP contribution in [-0.4, -0.2) is 24.0 Å². The number of nitrogens with two attached hydrogens (primary N) is 1. The number of pyridine rings is 1. The van der Waals surface area contributed by atoms with E-state index in [-0.39, 0.29) is 24.0 Å². The van der Waals surface area contributed by atoms with Crippen molar-refractivity contribution >= 4 is 41.4 Å². The monoisotopic (exact) mass is 451 g/mol. The van der Waals surface area contributed by atoms with Crippen LogP contribution in [0.5, 0.6) is 0 Å². The second kappa shape index (κ2) is 9.60. The third kappa shape index (κ3) is 5.88. The minimum atomic E-state index is 0. The predicted octanol–water partition coefficient (Wildman–Crippen LogP) is 3.93. The van der Waals surface area contributed by atoms with E-state index in [0.717, 1.165) is 30.2 Å². The second-order valence-corrected chi connectivity index (χ2v) is 6.26. The van der Waals surface area contributed by atoms with Crippen LogP contribution in [0.25, 0.3) is 0 Å². The molecule has 0 radical (unpaired) electrons. The van der Waals surface area contributed by atoms with E-state index >= 15 is 0 Å². The molecule has 6 heteroatoms. The summed E-state index contributed by atoms with van der Waals surface area (Å²) in [7, 11) is 0. The van der Waals surface area contributed by atoms with Crippen LogP contribution in [0.4, 0.5) is 11.5 Å². The standard InChI is InChI=1S/C19H25N5.HI/c1-15-5-7-17(8-6-15)23-19(20)22-14-16-9-10-21-18(13-16)24-11-3-2-4-12-24;/h5-10,13H,2-4,11-12,14H2,1H3,(H3,20,22,23);1H. The van der Waals surface area contributed by atoms with E-state index in [1.165, 1.54) is 24.8 Å². The van der Waals surface area contributed by atoms with Gasteiger partial charge in [-0.2, -0.15) is 0 Å². The molecular weight excluding hydrogens is 425 g/mol. The number of guanidine groups is 1. The SMILES string of the molecule is Cc1ccc(NC(N)=NCc2ccnc(N3CCCCC3)c2)cc1.I. The molecule has 3 rings (SSSR count). The number of hydrogen-bond donors (Lipinski definition) is 2. The molecule has 2 heterocycles. The van der Waals surface area contributed by atoms with Gasteiger partial charge in [-0.3, -0.25) is 0 Å². The molecule has 0 saturated carbocycles. The molecule has 1 aromatic carbocycles. The Balaban J connectivity index is 0.00000225. The van der Waals surface area contributed by atoms with E-state index in [9.17, 15) is 0 Å². The molecule has 1 aliphatic heterocycles. The normalized spacial score (nSPS) is 14.8. The predicted molar refractivity (Wildman–Crippen MR) is 116 cm³/mol. The van der Waals surface area contributed by atoms with Crippen LogP contribution in [-0.2, 0) is 6.54 Å². The molecule has 0 unspecified atom stereocenters. The van der Waals surface area contributed by atoms with Gasteiger partial charge in [0.1, 0.15) is 5.82 Å². The first-order valence-electron chi connectivity index (χ1n) is 8.54.